The van der Waals surface area contributed by atoms with Crippen molar-refractivity contribution in [1.29, 1.82) is 0 Å². The fraction of sp³-hybridized carbons (Fsp3) is 0.200. The molecule has 1 amide bonds. The molecule has 2 aromatic carbocycles. The number of carbonyl (C=O) groups is 1. The maximum atomic E-state index is 12.7. The van der Waals surface area contributed by atoms with Gasteiger partial charge in [-0.15, -0.1) is 0 Å². The molecule has 0 aliphatic rings. The number of benzene rings is 2. The second kappa shape index (κ2) is 9.62. The Morgan fingerprint density at radius 2 is 1.94 bits per heavy atom. The van der Waals surface area contributed by atoms with Gasteiger partial charge in [-0.1, -0.05) is 18.2 Å². The van der Waals surface area contributed by atoms with E-state index in [4.69, 9.17) is 9.15 Å². The summed E-state index contributed by atoms with van der Waals surface area (Å²) in [5.74, 6) is 0.215. The average Bonchev–Trinajstić information content (AvgIpc) is 3.39. The van der Waals surface area contributed by atoms with Crippen LogP contribution in [0.15, 0.2) is 65.1 Å². The fourth-order valence-corrected chi connectivity index (χ4v) is 3.57. The molecule has 9 nitrogen and oxygen atoms in total. The number of hydrogen-bond donors (Lipinski definition) is 1. The number of nitrogens with zero attached hydrogens (tertiary/aromatic N) is 3. The zero-order valence-corrected chi connectivity index (χ0v) is 19.1. The third-order valence-corrected chi connectivity index (χ3v) is 5.19. The number of furan rings is 1. The molecule has 9 heteroatoms. The first kappa shape index (κ1) is 22.8. The molecule has 34 heavy (non-hydrogen) atoms. The Labute approximate surface area is 196 Å². The highest BCUT2D eigenvalue weighted by Crippen LogP contribution is 2.28. The predicted molar refractivity (Wildman–Crippen MR) is 126 cm³/mol. The highest BCUT2D eigenvalue weighted by Gasteiger charge is 2.17. The number of nitro groups is 1. The summed E-state index contributed by atoms with van der Waals surface area (Å²) in [7, 11) is 0. The first-order chi connectivity index (χ1) is 16.3. The predicted octanol–water partition coefficient (Wildman–Crippen LogP) is 5.19. The van der Waals surface area contributed by atoms with Crippen molar-refractivity contribution < 1.29 is 18.9 Å². The minimum atomic E-state index is -0.494. The Bertz CT molecular complexity index is 1360. The molecule has 0 saturated heterocycles. The second-order valence-corrected chi connectivity index (χ2v) is 8.02. The topological polar surface area (TPSA) is 112 Å². The van der Waals surface area contributed by atoms with Crippen LogP contribution in [0, 0.1) is 30.9 Å². The van der Waals surface area contributed by atoms with Crippen LogP contribution in [0.25, 0.3) is 0 Å². The summed E-state index contributed by atoms with van der Waals surface area (Å²) in [5.41, 5.74) is 4.29. The summed E-state index contributed by atoms with van der Waals surface area (Å²) in [6.07, 6.45) is 0. The lowest BCUT2D eigenvalue weighted by molar-refractivity contribution is -0.386. The normalized spacial score (nSPS) is 10.8. The van der Waals surface area contributed by atoms with E-state index in [0.717, 1.165) is 22.5 Å². The highest BCUT2D eigenvalue weighted by molar-refractivity contribution is 6.02. The second-order valence-electron chi connectivity index (χ2n) is 8.02. The SMILES string of the molecule is Cc1ccc(OCc2ccc(C(=O)Nc3cccc(Cn4nc(C)cc4C)c3)o2)c([N+](=O)[O-])c1. The smallest absolute Gasteiger partial charge is 0.311 e. The molecule has 174 valence electrons. The third kappa shape index (κ3) is 5.32. The Kier molecular flexibility index (Phi) is 6.44. The van der Waals surface area contributed by atoms with Gasteiger partial charge in [0.2, 0.25) is 0 Å². The van der Waals surface area contributed by atoms with Crippen LogP contribution in [0.2, 0.25) is 0 Å². The van der Waals surface area contributed by atoms with E-state index in [1.807, 2.05) is 42.8 Å². The molecule has 4 rings (SSSR count). The summed E-state index contributed by atoms with van der Waals surface area (Å²) in [6, 6.07) is 17.4. The molecule has 0 bridgehead atoms. The molecule has 0 unspecified atom stereocenters. The maximum Gasteiger partial charge on any atom is 0.311 e. The summed E-state index contributed by atoms with van der Waals surface area (Å²) in [6.45, 7) is 6.26. The van der Waals surface area contributed by atoms with Crippen molar-refractivity contribution in [2.24, 2.45) is 0 Å². The standard InChI is InChI=1S/C25H24N4O5/c1-16-7-9-23(22(11-16)29(31)32)33-15-21-8-10-24(34-21)25(30)26-20-6-4-5-19(13-20)14-28-18(3)12-17(2)27-28/h4-13H,14-15H2,1-3H3,(H,26,30). The van der Waals surface area contributed by atoms with Gasteiger partial charge in [-0.2, -0.15) is 5.10 Å². The molecule has 0 spiro atoms. The van der Waals surface area contributed by atoms with E-state index in [-0.39, 0.29) is 23.8 Å². The van der Waals surface area contributed by atoms with Crippen LogP contribution in [0.4, 0.5) is 11.4 Å². The number of aromatic nitrogens is 2. The van der Waals surface area contributed by atoms with Gasteiger partial charge >= 0.3 is 5.69 Å². The molecule has 0 radical (unpaired) electrons. The third-order valence-electron chi connectivity index (χ3n) is 5.19. The highest BCUT2D eigenvalue weighted by atomic mass is 16.6. The number of hydrogen-bond acceptors (Lipinski definition) is 6. The summed E-state index contributed by atoms with van der Waals surface area (Å²) < 4.78 is 13.1. The van der Waals surface area contributed by atoms with Gasteiger partial charge < -0.3 is 14.5 Å². The van der Waals surface area contributed by atoms with Crippen LogP contribution < -0.4 is 10.1 Å². The van der Waals surface area contributed by atoms with Gasteiger partial charge in [-0.05, 0) is 68.3 Å². The van der Waals surface area contributed by atoms with Gasteiger partial charge in [0, 0.05) is 17.4 Å². The van der Waals surface area contributed by atoms with Gasteiger partial charge in [-0.25, -0.2) is 0 Å². The molecule has 2 aromatic heterocycles. The lowest BCUT2D eigenvalue weighted by Crippen LogP contribution is -2.11. The zero-order chi connectivity index (χ0) is 24.2. The Hall–Kier alpha value is -4.40. The van der Waals surface area contributed by atoms with Crippen molar-refractivity contribution in [3.63, 3.8) is 0 Å². The van der Waals surface area contributed by atoms with Gasteiger partial charge in [0.15, 0.2) is 11.5 Å². The molecular formula is C25H24N4O5. The zero-order valence-electron chi connectivity index (χ0n) is 19.1. The van der Waals surface area contributed by atoms with E-state index < -0.39 is 10.8 Å². The molecule has 2 heterocycles. The van der Waals surface area contributed by atoms with Crippen LogP contribution >= 0.6 is 0 Å². The Morgan fingerprint density at radius 1 is 1.12 bits per heavy atom. The van der Waals surface area contributed by atoms with E-state index in [1.165, 1.54) is 12.1 Å². The monoisotopic (exact) mass is 460 g/mol. The van der Waals surface area contributed by atoms with Gasteiger partial charge in [0.05, 0.1) is 17.2 Å². The quantitative estimate of drug-likeness (QED) is 0.286. The van der Waals surface area contributed by atoms with Gasteiger partial charge in [0.25, 0.3) is 5.91 Å². The summed E-state index contributed by atoms with van der Waals surface area (Å²) in [4.78, 5) is 23.4. The summed E-state index contributed by atoms with van der Waals surface area (Å²) in [5, 5.41) is 18.5. The van der Waals surface area contributed by atoms with Crippen LogP contribution in [0.5, 0.6) is 5.75 Å². The molecule has 1 N–H and O–H groups in total. The lowest BCUT2D eigenvalue weighted by atomic mass is 10.2. The molecular weight excluding hydrogens is 436 g/mol. The molecule has 0 fully saturated rings. The van der Waals surface area contributed by atoms with Crippen LogP contribution in [-0.4, -0.2) is 20.6 Å². The van der Waals surface area contributed by atoms with Gasteiger partial charge in [0.1, 0.15) is 12.4 Å². The number of aryl methyl sites for hydroxylation is 3. The number of carbonyl (C=O) groups excluding carboxylic acids is 1. The Balaban J connectivity index is 1.39. The molecule has 0 saturated carbocycles. The van der Waals surface area contributed by atoms with Crippen molar-refractivity contribution in [1.82, 2.24) is 9.78 Å². The van der Waals surface area contributed by atoms with Crippen molar-refractivity contribution in [2.75, 3.05) is 5.32 Å². The van der Waals surface area contributed by atoms with E-state index in [9.17, 15) is 14.9 Å². The maximum absolute atomic E-state index is 12.7. The first-order valence-corrected chi connectivity index (χ1v) is 10.7. The number of nitrogens with one attached hydrogen (secondary N) is 1. The number of nitro benzene ring substituents is 1. The first-order valence-electron chi connectivity index (χ1n) is 10.7. The number of ether oxygens (including phenoxy) is 1. The van der Waals surface area contributed by atoms with Gasteiger partial charge in [-0.3, -0.25) is 19.6 Å². The van der Waals surface area contributed by atoms with Crippen molar-refractivity contribution >= 4 is 17.3 Å². The lowest BCUT2D eigenvalue weighted by Gasteiger charge is -2.08. The molecule has 0 atom stereocenters. The minimum absolute atomic E-state index is 0.0463. The van der Waals surface area contributed by atoms with Crippen LogP contribution in [0.3, 0.4) is 0 Å². The number of amides is 1. The van der Waals surface area contributed by atoms with Crippen LogP contribution in [-0.2, 0) is 13.2 Å². The summed E-state index contributed by atoms with van der Waals surface area (Å²) >= 11 is 0. The van der Waals surface area contributed by atoms with Crippen molar-refractivity contribution in [3.8, 4) is 5.75 Å². The van der Waals surface area contributed by atoms with Crippen molar-refractivity contribution in [3.05, 3.63) is 105 Å². The molecule has 4 aromatic rings. The van der Waals surface area contributed by atoms with Crippen LogP contribution in [0.1, 0.15) is 38.8 Å². The van der Waals surface area contributed by atoms with E-state index in [2.05, 4.69) is 10.4 Å². The van der Waals surface area contributed by atoms with E-state index >= 15 is 0 Å². The fourth-order valence-electron chi connectivity index (χ4n) is 3.57. The number of anilines is 1. The Morgan fingerprint density at radius 3 is 2.68 bits per heavy atom. The molecule has 0 aliphatic carbocycles. The minimum Gasteiger partial charge on any atom is -0.479 e. The molecule has 0 aliphatic heterocycles. The van der Waals surface area contributed by atoms with Crippen molar-refractivity contribution in [2.45, 2.75) is 33.9 Å². The van der Waals surface area contributed by atoms with E-state index in [1.54, 1.807) is 31.2 Å². The largest absolute Gasteiger partial charge is 0.479 e. The number of rotatable bonds is 8. The average molecular weight is 460 g/mol. The van der Waals surface area contributed by atoms with E-state index in [0.29, 0.717) is 18.0 Å².